The molecule has 0 saturated carbocycles. The van der Waals surface area contributed by atoms with Gasteiger partial charge in [0.25, 0.3) is 0 Å². The Bertz CT molecular complexity index is 502. The van der Waals surface area contributed by atoms with Gasteiger partial charge in [-0.15, -0.1) is 0 Å². The Morgan fingerprint density at radius 3 is 2.56 bits per heavy atom. The predicted octanol–water partition coefficient (Wildman–Crippen LogP) is -0.524. The van der Waals surface area contributed by atoms with Crippen LogP contribution in [-0.4, -0.2) is 15.8 Å². The van der Waals surface area contributed by atoms with Gasteiger partial charge in [0.05, 0.1) is 0 Å². The van der Waals surface area contributed by atoms with Crippen molar-refractivity contribution < 1.29 is 4.79 Å². The summed E-state index contributed by atoms with van der Waals surface area (Å²) in [5.74, 6) is 5.79. The average molecular weight is 215 g/mol. The molecule has 0 amide bonds. The molecule has 0 bridgehead atoms. The van der Waals surface area contributed by atoms with Gasteiger partial charge in [-0.2, -0.15) is 5.84 Å². The van der Waals surface area contributed by atoms with Gasteiger partial charge in [-0.25, -0.2) is 4.98 Å². The molecule has 80 valence electrons. The van der Waals surface area contributed by atoms with Gasteiger partial charge in [0.1, 0.15) is 5.71 Å². The molecule has 6 heteroatoms. The first-order valence-corrected chi connectivity index (χ1v) is 4.62. The summed E-state index contributed by atoms with van der Waals surface area (Å²) in [4.78, 5) is 4.86. The highest BCUT2D eigenvalue weighted by Gasteiger charge is 2.22. The summed E-state index contributed by atoms with van der Waals surface area (Å²) < 4.78 is 0. The second-order valence-electron chi connectivity index (χ2n) is 3.18. The molecule has 1 heterocycles. The number of nitrogens with one attached hydrogen (secondary N) is 1. The molecular formula is C10H11N6+. The zero-order valence-electron chi connectivity index (χ0n) is 8.46. The molecule has 0 aliphatic carbocycles. The molecule has 0 fully saturated rings. The van der Waals surface area contributed by atoms with Crippen molar-refractivity contribution in [2.75, 3.05) is 11.6 Å². The number of hydrogen-bond donors (Lipinski definition) is 3. The van der Waals surface area contributed by atoms with Gasteiger partial charge in [-0.1, -0.05) is 30.3 Å². The molecule has 16 heavy (non-hydrogen) atoms. The molecule has 0 spiro atoms. The van der Waals surface area contributed by atoms with Crippen LogP contribution < -0.4 is 16.4 Å². The fraction of sp³-hybridized carbons (Fsp3) is 0. The molecule has 2 rings (SSSR count). The fourth-order valence-corrected chi connectivity index (χ4v) is 1.36. The van der Waals surface area contributed by atoms with Crippen molar-refractivity contribution in [2.45, 2.75) is 0 Å². The monoisotopic (exact) mass is 215 g/mol. The maximum absolute atomic E-state index is 7.99. The second kappa shape index (κ2) is 3.93. The third kappa shape index (κ3) is 1.68. The lowest BCUT2D eigenvalue weighted by atomic mass is 10.1. The van der Waals surface area contributed by atoms with E-state index in [0.29, 0.717) is 11.3 Å². The second-order valence-corrected chi connectivity index (χ2v) is 3.18. The first kappa shape index (κ1) is 10.0. The summed E-state index contributed by atoms with van der Waals surface area (Å²) in [5, 5.41) is 11.7. The van der Waals surface area contributed by atoms with E-state index in [0.717, 1.165) is 4.79 Å². The molecule has 0 saturated heterocycles. The Balaban J connectivity index is 2.50. The minimum absolute atomic E-state index is 0.186. The summed E-state index contributed by atoms with van der Waals surface area (Å²) in [6, 6.07) is 9.15. The Kier molecular flexibility index (Phi) is 2.47. The van der Waals surface area contributed by atoms with Crippen LogP contribution in [0.1, 0.15) is 11.3 Å². The van der Waals surface area contributed by atoms with Crippen molar-refractivity contribution in [3.05, 3.63) is 47.9 Å². The first-order valence-electron chi connectivity index (χ1n) is 4.62. The summed E-state index contributed by atoms with van der Waals surface area (Å²) in [7, 11) is 0. The van der Waals surface area contributed by atoms with Crippen LogP contribution in [-0.2, 0) is 0 Å². The van der Waals surface area contributed by atoms with E-state index in [1.54, 1.807) is 12.1 Å². The number of hydrogen-bond acceptors (Lipinski definition) is 5. The number of anilines is 1. The van der Waals surface area contributed by atoms with E-state index < -0.39 is 0 Å². The van der Waals surface area contributed by atoms with E-state index in [-0.39, 0.29) is 11.5 Å². The largest absolute Gasteiger partial charge is 0.378 e. The number of nitrogens with two attached hydrogens (primary N) is 2. The van der Waals surface area contributed by atoms with Gasteiger partial charge >= 0.3 is 5.69 Å². The summed E-state index contributed by atoms with van der Waals surface area (Å²) in [6.45, 7) is 0. The highest BCUT2D eigenvalue weighted by molar-refractivity contribution is 6.10. The summed E-state index contributed by atoms with van der Waals surface area (Å²) >= 11 is 0. The van der Waals surface area contributed by atoms with Crippen molar-refractivity contribution in [3.63, 3.8) is 0 Å². The Labute approximate surface area is 92.0 Å². The van der Waals surface area contributed by atoms with Gasteiger partial charge in [-0.3, -0.25) is 5.41 Å². The summed E-state index contributed by atoms with van der Waals surface area (Å²) in [5.41, 5.74) is 6.87. The maximum atomic E-state index is 7.99. The SMILES string of the molecule is N=C(c1ccccc1)c1c(N)ncn[n+]1N. The Hall–Kier alpha value is -2.50. The molecule has 0 unspecified atom stereocenters. The molecule has 0 aliphatic rings. The third-order valence-electron chi connectivity index (χ3n) is 2.14. The van der Waals surface area contributed by atoms with Gasteiger partial charge < -0.3 is 5.73 Å². The normalized spacial score (nSPS) is 10.0. The molecule has 6 nitrogen and oxygen atoms in total. The van der Waals surface area contributed by atoms with Crippen LogP contribution in [0.15, 0.2) is 36.7 Å². The Morgan fingerprint density at radius 2 is 1.94 bits per heavy atom. The number of nitrogens with zero attached hydrogens (tertiary/aromatic N) is 3. The molecule has 1 aromatic carbocycles. The van der Waals surface area contributed by atoms with E-state index in [1.807, 2.05) is 18.2 Å². The van der Waals surface area contributed by atoms with Gasteiger partial charge in [-0.05, 0) is 0 Å². The molecular weight excluding hydrogens is 204 g/mol. The maximum Gasteiger partial charge on any atom is 0.332 e. The fourth-order valence-electron chi connectivity index (χ4n) is 1.36. The molecule has 1 aromatic heterocycles. The van der Waals surface area contributed by atoms with Gasteiger partial charge in [0.2, 0.25) is 5.82 Å². The third-order valence-corrected chi connectivity index (χ3v) is 2.14. The molecule has 2 aromatic rings. The zero-order chi connectivity index (χ0) is 11.5. The minimum Gasteiger partial charge on any atom is -0.378 e. The minimum atomic E-state index is 0.186. The quantitative estimate of drug-likeness (QED) is 0.356. The number of benzene rings is 1. The lowest BCUT2D eigenvalue weighted by Gasteiger charge is -2.01. The van der Waals surface area contributed by atoms with Crippen LogP contribution in [0.5, 0.6) is 0 Å². The number of nitrogen functional groups attached to an aromatic ring is 2. The van der Waals surface area contributed by atoms with E-state index >= 15 is 0 Å². The van der Waals surface area contributed by atoms with Crippen molar-refractivity contribution in [2.24, 2.45) is 0 Å². The first-order chi connectivity index (χ1) is 7.70. The standard InChI is InChI=1S/C10H11N6/c11-8(7-4-2-1-3-5-7)9-10(12)14-6-15-16(9)13/h1-6,11H,(H4,12,13,14,15)/q+1. The van der Waals surface area contributed by atoms with Crippen LogP contribution in [0.25, 0.3) is 0 Å². The van der Waals surface area contributed by atoms with Gasteiger partial charge in [0, 0.05) is 15.5 Å². The predicted molar refractivity (Wildman–Crippen MR) is 59.2 cm³/mol. The van der Waals surface area contributed by atoms with E-state index in [1.165, 1.54) is 6.33 Å². The van der Waals surface area contributed by atoms with Crippen LogP contribution >= 0.6 is 0 Å². The van der Waals surface area contributed by atoms with E-state index in [2.05, 4.69) is 10.1 Å². The zero-order valence-corrected chi connectivity index (χ0v) is 8.46. The topological polar surface area (TPSA) is 106 Å². The van der Waals surface area contributed by atoms with Crippen LogP contribution in [0.3, 0.4) is 0 Å². The van der Waals surface area contributed by atoms with Gasteiger partial charge in [0.15, 0.2) is 6.33 Å². The molecule has 5 N–H and O–H groups in total. The number of rotatable bonds is 2. The Morgan fingerprint density at radius 1 is 1.25 bits per heavy atom. The smallest absolute Gasteiger partial charge is 0.332 e. The number of aromatic nitrogens is 3. The van der Waals surface area contributed by atoms with Crippen molar-refractivity contribution in [1.82, 2.24) is 10.1 Å². The molecule has 0 atom stereocenters. The lowest BCUT2D eigenvalue weighted by Crippen LogP contribution is -2.53. The lowest BCUT2D eigenvalue weighted by molar-refractivity contribution is -0.701. The van der Waals surface area contributed by atoms with Crippen molar-refractivity contribution in [3.8, 4) is 0 Å². The highest BCUT2D eigenvalue weighted by atomic mass is 15.5. The van der Waals surface area contributed by atoms with E-state index in [9.17, 15) is 0 Å². The van der Waals surface area contributed by atoms with Crippen LogP contribution in [0.2, 0.25) is 0 Å². The van der Waals surface area contributed by atoms with Crippen molar-refractivity contribution in [1.29, 1.82) is 5.41 Å². The average Bonchev–Trinajstić information content (AvgIpc) is 2.30. The van der Waals surface area contributed by atoms with Crippen LogP contribution in [0, 0.1) is 5.41 Å². The highest BCUT2D eigenvalue weighted by Crippen LogP contribution is 2.08. The molecule has 0 radical (unpaired) electrons. The van der Waals surface area contributed by atoms with Crippen LogP contribution in [0.4, 0.5) is 5.82 Å². The van der Waals surface area contributed by atoms with E-state index in [4.69, 9.17) is 17.0 Å². The molecule has 0 aliphatic heterocycles. The summed E-state index contributed by atoms with van der Waals surface area (Å²) in [6.07, 6.45) is 1.25. The van der Waals surface area contributed by atoms with Crippen molar-refractivity contribution >= 4 is 11.5 Å².